The van der Waals surface area contributed by atoms with Crippen molar-refractivity contribution in [2.24, 2.45) is 5.92 Å². The van der Waals surface area contributed by atoms with Crippen molar-refractivity contribution in [3.63, 3.8) is 0 Å². The molecule has 1 saturated heterocycles. The smallest absolute Gasteiger partial charge is 0.306 e. The van der Waals surface area contributed by atoms with Crippen molar-refractivity contribution >= 4 is 11.9 Å². The van der Waals surface area contributed by atoms with E-state index in [4.69, 9.17) is 9.84 Å². The maximum Gasteiger partial charge on any atom is 0.306 e. The second kappa shape index (κ2) is 6.08. The largest absolute Gasteiger partial charge is 0.481 e. The molecule has 5 nitrogen and oxygen atoms in total. The summed E-state index contributed by atoms with van der Waals surface area (Å²) in [6, 6.07) is 8.20. The predicted molar refractivity (Wildman–Crippen MR) is 80.6 cm³/mol. The Morgan fingerprint density at radius 3 is 2.86 bits per heavy atom. The molecule has 0 bridgehead atoms. The van der Waals surface area contributed by atoms with Crippen LogP contribution in [0.2, 0.25) is 0 Å². The summed E-state index contributed by atoms with van der Waals surface area (Å²) < 4.78 is 5.43. The molecule has 0 aromatic heterocycles. The summed E-state index contributed by atoms with van der Waals surface area (Å²) in [5, 5.41) is 8.85. The normalized spacial score (nSPS) is 27.5. The van der Waals surface area contributed by atoms with Crippen LogP contribution >= 0.6 is 0 Å². The number of ether oxygens (including phenoxy) is 1. The quantitative estimate of drug-likeness (QED) is 0.921. The standard InChI is InChI=1S/C17H21NO4/c1-11-4-2-3-5-13(11)14-9-15(14)17(21)18-6-7-22-12(10-18)8-16(19)20/h2-5,12,14-15H,6-10H2,1H3,(H,19,20)/t12-,14+,15+/m1/s1. The zero-order chi connectivity index (χ0) is 15.7. The first-order chi connectivity index (χ1) is 10.6. The van der Waals surface area contributed by atoms with E-state index in [1.807, 2.05) is 12.1 Å². The van der Waals surface area contributed by atoms with Gasteiger partial charge in [0.1, 0.15) is 0 Å². The Morgan fingerprint density at radius 1 is 1.36 bits per heavy atom. The number of hydrogen-bond acceptors (Lipinski definition) is 3. The summed E-state index contributed by atoms with van der Waals surface area (Å²) in [5.74, 6) is -0.380. The number of aryl methyl sites for hydroxylation is 1. The Bertz CT molecular complexity index is 586. The molecule has 1 saturated carbocycles. The summed E-state index contributed by atoms with van der Waals surface area (Å²) in [7, 11) is 0. The van der Waals surface area contributed by atoms with Gasteiger partial charge >= 0.3 is 5.97 Å². The average Bonchev–Trinajstić information content (AvgIpc) is 3.27. The van der Waals surface area contributed by atoms with Gasteiger partial charge in [-0.25, -0.2) is 0 Å². The van der Waals surface area contributed by atoms with Gasteiger partial charge in [-0.15, -0.1) is 0 Å². The third-order valence-electron chi connectivity index (χ3n) is 4.55. The van der Waals surface area contributed by atoms with Crippen molar-refractivity contribution in [3.05, 3.63) is 35.4 Å². The lowest BCUT2D eigenvalue weighted by Crippen LogP contribution is -2.47. The summed E-state index contributed by atoms with van der Waals surface area (Å²) in [6.45, 7) is 3.45. The molecular formula is C17H21NO4. The molecule has 1 amide bonds. The Kier molecular flexibility index (Phi) is 4.16. The van der Waals surface area contributed by atoms with Crippen LogP contribution in [0.3, 0.4) is 0 Å². The molecule has 2 fully saturated rings. The number of benzene rings is 1. The van der Waals surface area contributed by atoms with Crippen LogP contribution in [0.1, 0.15) is 29.9 Å². The average molecular weight is 303 g/mol. The fourth-order valence-corrected chi connectivity index (χ4v) is 3.29. The summed E-state index contributed by atoms with van der Waals surface area (Å²) >= 11 is 0. The first-order valence-corrected chi connectivity index (χ1v) is 7.74. The highest BCUT2D eigenvalue weighted by atomic mass is 16.5. The van der Waals surface area contributed by atoms with E-state index >= 15 is 0 Å². The van der Waals surface area contributed by atoms with Crippen molar-refractivity contribution in [1.82, 2.24) is 4.90 Å². The summed E-state index contributed by atoms with van der Waals surface area (Å²) in [6.07, 6.45) is 0.464. The van der Waals surface area contributed by atoms with E-state index in [0.717, 1.165) is 6.42 Å². The van der Waals surface area contributed by atoms with Crippen LogP contribution in [-0.2, 0) is 14.3 Å². The molecule has 2 aliphatic rings. The third-order valence-corrected chi connectivity index (χ3v) is 4.55. The molecule has 1 aromatic carbocycles. The van der Waals surface area contributed by atoms with Gasteiger partial charge in [0.25, 0.3) is 0 Å². The fourth-order valence-electron chi connectivity index (χ4n) is 3.29. The van der Waals surface area contributed by atoms with Crippen LogP contribution in [0.15, 0.2) is 24.3 Å². The summed E-state index contributed by atoms with van der Waals surface area (Å²) in [4.78, 5) is 25.2. The molecule has 0 unspecified atom stereocenters. The van der Waals surface area contributed by atoms with Gasteiger partial charge in [-0.3, -0.25) is 9.59 Å². The van der Waals surface area contributed by atoms with Gasteiger partial charge < -0.3 is 14.7 Å². The number of carboxylic acids is 1. The first-order valence-electron chi connectivity index (χ1n) is 7.74. The lowest BCUT2D eigenvalue weighted by molar-refractivity contribution is -0.148. The van der Waals surface area contributed by atoms with E-state index in [0.29, 0.717) is 25.6 Å². The molecule has 1 N–H and O–H groups in total. The molecule has 3 rings (SSSR count). The number of hydrogen-bond donors (Lipinski definition) is 1. The minimum atomic E-state index is -0.886. The molecule has 1 aliphatic carbocycles. The molecule has 1 aromatic rings. The highest BCUT2D eigenvalue weighted by Crippen LogP contribution is 2.49. The number of carboxylic acid groups (broad SMARTS) is 1. The number of amides is 1. The van der Waals surface area contributed by atoms with Crippen LogP contribution < -0.4 is 0 Å². The van der Waals surface area contributed by atoms with Crippen molar-refractivity contribution < 1.29 is 19.4 Å². The molecule has 22 heavy (non-hydrogen) atoms. The van der Waals surface area contributed by atoms with E-state index in [1.165, 1.54) is 11.1 Å². The maximum absolute atomic E-state index is 12.6. The van der Waals surface area contributed by atoms with Gasteiger partial charge in [0.2, 0.25) is 5.91 Å². The number of carbonyl (C=O) groups excluding carboxylic acids is 1. The van der Waals surface area contributed by atoms with Crippen LogP contribution in [0.4, 0.5) is 0 Å². The van der Waals surface area contributed by atoms with Crippen molar-refractivity contribution in [2.75, 3.05) is 19.7 Å². The zero-order valence-electron chi connectivity index (χ0n) is 12.7. The molecule has 5 heteroatoms. The zero-order valence-corrected chi connectivity index (χ0v) is 12.7. The van der Waals surface area contributed by atoms with Gasteiger partial charge in [0.05, 0.1) is 19.1 Å². The monoisotopic (exact) mass is 303 g/mol. The van der Waals surface area contributed by atoms with Crippen molar-refractivity contribution in [1.29, 1.82) is 0 Å². The van der Waals surface area contributed by atoms with Crippen molar-refractivity contribution in [2.45, 2.75) is 31.8 Å². The van der Waals surface area contributed by atoms with Crippen LogP contribution in [-0.4, -0.2) is 47.7 Å². The number of rotatable bonds is 4. The second-order valence-electron chi connectivity index (χ2n) is 6.18. The van der Waals surface area contributed by atoms with Gasteiger partial charge in [-0.05, 0) is 30.4 Å². The van der Waals surface area contributed by atoms with Crippen LogP contribution in [0, 0.1) is 12.8 Å². The number of carbonyl (C=O) groups is 2. The SMILES string of the molecule is Cc1ccccc1[C@@H]1C[C@@H]1C(=O)N1CCO[C@H](CC(=O)O)C1. The molecule has 118 valence electrons. The van der Waals surface area contributed by atoms with Crippen LogP contribution in [0.25, 0.3) is 0 Å². The van der Waals surface area contributed by atoms with Gasteiger partial charge in [-0.1, -0.05) is 24.3 Å². The number of nitrogens with zero attached hydrogens (tertiary/aromatic N) is 1. The minimum absolute atomic E-state index is 0.0460. The second-order valence-corrected chi connectivity index (χ2v) is 6.18. The molecule has 1 aliphatic heterocycles. The molecule has 1 heterocycles. The van der Waals surface area contributed by atoms with E-state index in [2.05, 4.69) is 19.1 Å². The van der Waals surface area contributed by atoms with Gasteiger partial charge in [0, 0.05) is 19.0 Å². The summed E-state index contributed by atoms with van der Waals surface area (Å²) in [5.41, 5.74) is 2.49. The first kappa shape index (κ1) is 15.0. The highest BCUT2D eigenvalue weighted by molar-refractivity contribution is 5.83. The fraction of sp³-hybridized carbons (Fsp3) is 0.529. The Labute approximate surface area is 129 Å². The topological polar surface area (TPSA) is 66.8 Å². The minimum Gasteiger partial charge on any atom is -0.481 e. The number of aliphatic carboxylic acids is 1. The highest BCUT2D eigenvalue weighted by Gasteiger charge is 2.46. The molecule has 0 radical (unpaired) electrons. The van der Waals surface area contributed by atoms with E-state index in [-0.39, 0.29) is 24.3 Å². The van der Waals surface area contributed by atoms with E-state index in [1.54, 1.807) is 4.90 Å². The molecule has 0 spiro atoms. The Balaban J connectivity index is 1.61. The maximum atomic E-state index is 12.6. The predicted octanol–water partition coefficient (Wildman–Crippen LogP) is 1.80. The Hall–Kier alpha value is -1.88. The van der Waals surface area contributed by atoms with Gasteiger partial charge in [-0.2, -0.15) is 0 Å². The van der Waals surface area contributed by atoms with Crippen LogP contribution in [0.5, 0.6) is 0 Å². The van der Waals surface area contributed by atoms with E-state index in [9.17, 15) is 9.59 Å². The van der Waals surface area contributed by atoms with Gasteiger partial charge in [0.15, 0.2) is 0 Å². The van der Waals surface area contributed by atoms with E-state index < -0.39 is 5.97 Å². The lowest BCUT2D eigenvalue weighted by Gasteiger charge is -2.32. The van der Waals surface area contributed by atoms with Crippen molar-refractivity contribution in [3.8, 4) is 0 Å². The molecule has 3 atom stereocenters. The molecular weight excluding hydrogens is 282 g/mol. The third kappa shape index (κ3) is 3.14. The number of morpholine rings is 1. The lowest BCUT2D eigenvalue weighted by atomic mass is 10.0. The Morgan fingerprint density at radius 2 is 2.14 bits per heavy atom.